The number of amides is 2. The zero-order valence-corrected chi connectivity index (χ0v) is 29.2. The summed E-state index contributed by atoms with van der Waals surface area (Å²) in [6.45, 7) is 10.3. The van der Waals surface area contributed by atoms with Crippen molar-refractivity contribution in [2.75, 3.05) is 35.0 Å². The molecule has 254 valence electrons. The molecular weight excluding hydrogens is 649 g/mol. The maximum absolute atomic E-state index is 13.4. The van der Waals surface area contributed by atoms with E-state index in [-0.39, 0.29) is 7.92 Å². The average Bonchev–Trinajstić information content (AvgIpc) is 3.45. The Morgan fingerprint density at radius 1 is 0.920 bits per heavy atom. The maximum Gasteiger partial charge on any atom is 0.324 e. The van der Waals surface area contributed by atoms with Crippen LogP contribution in [0.25, 0.3) is 21.7 Å². The number of nitrogens with one attached hydrogen (secondary N) is 5. The molecule has 2 heterocycles. The number of benzene rings is 4. The standard InChI is InChI=1S/C37H38N9O3P/c1-37(2,3)31(38)21-32(41-22-10-13-24(14-11-22)50(4)5)44-36(47)43-28-15-17-29(26-9-7-6-8-25(26)28)48-33-18-19-40-35(45-33)42-23-12-16-30-27(20-23)34(39)46-49-30/h6-21,38,41H,1-5H3,(H2,39,46)(H,40,42,45)(H2,43,44,47)/b32-21+,38-31?. The number of allylic oxidation sites excluding steroid dienone is 1. The zero-order chi connectivity index (χ0) is 35.4. The summed E-state index contributed by atoms with van der Waals surface area (Å²) in [5.41, 5.74) is 8.51. The van der Waals surface area contributed by atoms with Gasteiger partial charge in [0.2, 0.25) is 11.8 Å². The van der Waals surface area contributed by atoms with E-state index in [0.717, 1.165) is 16.5 Å². The molecule has 7 N–H and O–H groups in total. The molecule has 0 unspecified atom stereocenters. The van der Waals surface area contributed by atoms with Crippen LogP contribution in [-0.2, 0) is 0 Å². The van der Waals surface area contributed by atoms with Gasteiger partial charge in [0.05, 0.1) is 11.1 Å². The summed E-state index contributed by atoms with van der Waals surface area (Å²) in [7, 11) is -0.230. The van der Waals surface area contributed by atoms with Gasteiger partial charge in [-0.15, -0.1) is 0 Å². The van der Waals surface area contributed by atoms with Gasteiger partial charge >= 0.3 is 6.03 Å². The van der Waals surface area contributed by atoms with Crippen LogP contribution in [0.1, 0.15) is 20.8 Å². The van der Waals surface area contributed by atoms with Gasteiger partial charge in [0, 0.05) is 51.6 Å². The number of rotatable bonds is 10. The second kappa shape index (κ2) is 14.2. The number of fused-ring (bicyclic) bond motifs is 2. The van der Waals surface area contributed by atoms with Gasteiger partial charge in [0.1, 0.15) is 11.6 Å². The number of ether oxygens (including phenoxy) is 1. The normalized spacial score (nSPS) is 11.8. The third kappa shape index (κ3) is 7.99. The third-order valence-corrected chi connectivity index (χ3v) is 9.07. The van der Waals surface area contributed by atoms with Crippen LogP contribution in [0.5, 0.6) is 11.6 Å². The lowest BCUT2D eigenvalue weighted by Crippen LogP contribution is -2.32. The van der Waals surface area contributed by atoms with Crippen molar-refractivity contribution in [2.24, 2.45) is 5.41 Å². The molecule has 0 aliphatic carbocycles. The largest absolute Gasteiger partial charge is 0.438 e. The number of nitrogens with two attached hydrogens (primary N) is 1. The fraction of sp³-hybridized carbons (Fsp3) is 0.162. The molecule has 0 saturated heterocycles. The summed E-state index contributed by atoms with van der Waals surface area (Å²) in [5.74, 6) is 1.87. The number of nitrogens with zero attached hydrogens (tertiary/aromatic N) is 3. The Morgan fingerprint density at radius 2 is 1.66 bits per heavy atom. The molecule has 50 heavy (non-hydrogen) atoms. The summed E-state index contributed by atoms with van der Waals surface area (Å²) >= 11 is 0. The molecule has 0 spiro atoms. The number of carbonyl (C=O) groups excluding carboxylic acids is 1. The molecule has 0 atom stereocenters. The molecule has 12 nitrogen and oxygen atoms in total. The maximum atomic E-state index is 13.4. The predicted octanol–water partition coefficient (Wildman–Crippen LogP) is 8.40. The molecule has 4 aromatic carbocycles. The number of hydrogen-bond donors (Lipinski definition) is 6. The van der Waals surface area contributed by atoms with Crippen LogP contribution in [0.3, 0.4) is 0 Å². The van der Waals surface area contributed by atoms with Crippen molar-refractivity contribution in [3.05, 3.63) is 103 Å². The van der Waals surface area contributed by atoms with Gasteiger partial charge in [-0.25, -0.2) is 9.78 Å². The molecule has 0 bridgehead atoms. The molecule has 0 fully saturated rings. The van der Waals surface area contributed by atoms with Crippen LogP contribution in [0, 0.1) is 10.8 Å². The first-order chi connectivity index (χ1) is 23.9. The Bertz CT molecular complexity index is 2220. The van der Waals surface area contributed by atoms with Crippen molar-refractivity contribution in [3.63, 3.8) is 0 Å². The molecule has 0 saturated carbocycles. The van der Waals surface area contributed by atoms with E-state index < -0.39 is 11.4 Å². The zero-order valence-electron chi connectivity index (χ0n) is 28.3. The quantitative estimate of drug-likeness (QED) is 0.0610. The van der Waals surface area contributed by atoms with Gasteiger partial charge in [-0.3, -0.25) is 5.32 Å². The number of nitrogen functional groups attached to an aromatic ring is 1. The first kappa shape index (κ1) is 33.9. The number of anilines is 5. The van der Waals surface area contributed by atoms with E-state index in [1.165, 1.54) is 5.30 Å². The first-order valence-electron chi connectivity index (χ1n) is 15.8. The molecule has 6 aromatic rings. The highest BCUT2D eigenvalue weighted by Gasteiger charge is 2.18. The lowest BCUT2D eigenvalue weighted by Gasteiger charge is -2.20. The van der Waals surface area contributed by atoms with E-state index in [4.69, 9.17) is 20.4 Å². The summed E-state index contributed by atoms with van der Waals surface area (Å²) in [6.07, 6.45) is 3.24. The summed E-state index contributed by atoms with van der Waals surface area (Å²) < 4.78 is 11.4. The fourth-order valence-corrected chi connectivity index (χ4v) is 5.69. The Labute approximate surface area is 290 Å². The highest BCUT2D eigenvalue weighted by atomic mass is 31.1. The summed E-state index contributed by atoms with van der Waals surface area (Å²) in [4.78, 5) is 22.3. The van der Waals surface area contributed by atoms with Gasteiger partial charge in [-0.2, -0.15) is 4.98 Å². The van der Waals surface area contributed by atoms with Crippen LogP contribution in [-0.4, -0.2) is 40.2 Å². The molecule has 0 aliphatic rings. The topological polar surface area (TPSA) is 176 Å². The Hall–Kier alpha value is -6.00. The lowest BCUT2D eigenvalue weighted by atomic mass is 9.90. The SMILES string of the molecule is CP(C)c1ccc(N/C(=C\C(=N)C(C)(C)C)NC(=O)Nc2ccc(Oc3ccnc(Nc4ccc5onc(N)c5c4)n3)c3ccccc23)cc1. The van der Waals surface area contributed by atoms with Gasteiger partial charge in [0.15, 0.2) is 11.4 Å². The van der Waals surface area contributed by atoms with Crippen molar-refractivity contribution >= 4 is 75.5 Å². The van der Waals surface area contributed by atoms with Crippen LogP contribution in [0.4, 0.5) is 33.6 Å². The smallest absolute Gasteiger partial charge is 0.324 e. The number of carbonyl (C=O) groups is 1. The molecule has 0 aliphatic heterocycles. The number of urea groups is 1. The Kier molecular flexibility index (Phi) is 9.65. The van der Waals surface area contributed by atoms with Gasteiger partial charge in [-0.05, 0) is 61.1 Å². The van der Waals surface area contributed by atoms with Crippen LogP contribution >= 0.6 is 7.92 Å². The molecule has 0 radical (unpaired) electrons. The van der Waals surface area contributed by atoms with E-state index in [1.807, 2.05) is 69.3 Å². The highest BCUT2D eigenvalue weighted by molar-refractivity contribution is 7.64. The number of aromatic nitrogens is 3. The fourth-order valence-electron chi connectivity index (χ4n) is 4.94. The van der Waals surface area contributed by atoms with Gasteiger partial charge in [-0.1, -0.05) is 70.2 Å². The van der Waals surface area contributed by atoms with Crippen molar-refractivity contribution in [1.82, 2.24) is 20.4 Å². The molecule has 13 heteroatoms. The Morgan fingerprint density at radius 3 is 2.40 bits per heavy atom. The third-order valence-electron chi connectivity index (χ3n) is 7.74. The minimum Gasteiger partial charge on any atom is -0.438 e. The van der Waals surface area contributed by atoms with E-state index in [9.17, 15) is 4.79 Å². The van der Waals surface area contributed by atoms with Crippen molar-refractivity contribution in [1.29, 1.82) is 5.41 Å². The Balaban J connectivity index is 1.19. The molecule has 2 amide bonds. The number of hydrogen-bond acceptors (Lipinski definition) is 10. The van der Waals surface area contributed by atoms with E-state index in [1.54, 1.807) is 36.5 Å². The van der Waals surface area contributed by atoms with E-state index >= 15 is 0 Å². The predicted molar refractivity (Wildman–Crippen MR) is 204 cm³/mol. The molecule has 6 rings (SSSR count). The average molecular weight is 688 g/mol. The molecule has 2 aromatic heterocycles. The first-order valence-corrected chi connectivity index (χ1v) is 18.0. The molecular formula is C37H38N9O3P. The minimum atomic E-state index is -0.468. The van der Waals surface area contributed by atoms with Gasteiger partial charge in [0.25, 0.3) is 0 Å². The van der Waals surface area contributed by atoms with Crippen molar-refractivity contribution < 1.29 is 14.1 Å². The van der Waals surface area contributed by atoms with Crippen LogP contribution < -0.4 is 37.0 Å². The lowest BCUT2D eigenvalue weighted by molar-refractivity contribution is 0.254. The van der Waals surface area contributed by atoms with E-state index in [2.05, 4.69) is 61.9 Å². The monoisotopic (exact) mass is 687 g/mol. The van der Waals surface area contributed by atoms with E-state index in [0.29, 0.717) is 57.3 Å². The summed E-state index contributed by atoms with van der Waals surface area (Å²) in [6, 6.07) is 25.8. The van der Waals surface area contributed by atoms with Crippen LogP contribution in [0.15, 0.2) is 108 Å². The van der Waals surface area contributed by atoms with Gasteiger partial charge < -0.3 is 36.4 Å². The summed E-state index contributed by atoms with van der Waals surface area (Å²) in [5, 5.41) is 28.2. The van der Waals surface area contributed by atoms with Crippen molar-refractivity contribution in [2.45, 2.75) is 20.8 Å². The van der Waals surface area contributed by atoms with Crippen LogP contribution in [0.2, 0.25) is 0 Å². The van der Waals surface area contributed by atoms with Crippen molar-refractivity contribution in [3.8, 4) is 11.6 Å². The highest BCUT2D eigenvalue weighted by Crippen LogP contribution is 2.34. The second-order valence-corrected chi connectivity index (χ2v) is 15.1. The minimum absolute atomic E-state index is 0.230. The second-order valence-electron chi connectivity index (χ2n) is 12.7.